The molecule has 7 heteroatoms. The molecule has 4 nitrogen and oxygen atoms in total. The average molecular weight is 292 g/mol. The van der Waals surface area contributed by atoms with E-state index in [-0.39, 0.29) is 4.75 Å². The van der Waals surface area contributed by atoms with E-state index in [0.29, 0.717) is 18.0 Å². The first-order valence-electron chi connectivity index (χ1n) is 5.34. The largest absolute Gasteiger partial charge is 0.326 e. The van der Waals surface area contributed by atoms with Crippen LogP contribution in [-0.4, -0.2) is 26.0 Å². The Bertz CT molecular complexity index is 491. The fourth-order valence-corrected chi connectivity index (χ4v) is 4.61. The lowest BCUT2D eigenvalue weighted by Gasteiger charge is -2.12. The predicted octanol–water partition coefficient (Wildman–Crippen LogP) is 1.38. The number of nitrogens with one attached hydrogen (secondary N) is 1. The highest BCUT2D eigenvalue weighted by Crippen LogP contribution is 2.46. The van der Waals surface area contributed by atoms with Gasteiger partial charge in [0.1, 0.15) is 0 Å². The molecule has 0 unspecified atom stereocenters. The van der Waals surface area contributed by atoms with Crippen LogP contribution in [0.15, 0.2) is 16.3 Å². The van der Waals surface area contributed by atoms with Crippen LogP contribution in [0.3, 0.4) is 0 Å². The Labute approximate surface area is 110 Å². The van der Waals surface area contributed by atoms with Gasteiger partial charge in [-0.3, -0.25) is 0 Å². The molecule has 0 amide bonds. The van der Waals surface area contributed by atoms with E-state index in [4.69, 9.17) is 5.73 Å². The number of sulfonamides is 1. The maximum Gasteiger partial charge on any atom is 0.241 e. The first-order chi connectivity index (χ1) is 8.01. The number of hydrogen-bond donors (Lipinski definition) is 2. The Morgan fingerprint density at radius 2 is 2.29 bits per heavy atom. The minimum atomic E-state index is -3.36. The van der Waals surface area contributed by atoms with Crippen molar-refractivity contribution in [2.45, 2.75) is 29.0 Å². The van der Waals surface area contributed by atoms with E-state index in [9.17, 15) is 8.42 Å². The molecule has 1 fully saturated rings. The third-order valence-electron chi connectivity index (χ3n) is 2.97. The summed E-state index contributed by atoms with van der Waals surface area (Å²) in [6, 6.07) is 1.64. The minimum absolute atomic E-state index is 0.139. The Kier molecular flexibility index (Phi) is 3.84. The second-order valence-corrected chi connectivity index (χ2v) is 8.20. The van der Waals surface area contributed by atoms with Gasteiger partial charge in [0.15, 0.2) is 0 Å². The lowest BCUT2D eigenvalue weighted by atomic mass is 10.4. The van der Waals surface area contributed by atoms with Crippen molar-refractivity contribution >= 4 is 33.1 Å². The summed E-state index contributed by atoms with van der Waals surface area (Å²) in [4.78, 5) is 1.22. The van der Waals surface area contributed by atoms with Crippen LogP contribution in [0.1, 0.15) is 17.7 Å². The quantitative estimate of drug-likeness (QED) is 0.831. The van der Waals surface area contributed by atoms with Crippen LogP contribution in [0.2, 0.25) is 0 Å². The predicted molar refractivity (Wildman–Crippen MR) is 72.9 cm³/mol. The molecule has 0 aromatic carbocycles. The summed E-state index contributed by atoms with van der Waals surface area (Å²) < 4.78 is 26.8. The maximum atomic E-state index is 12.0. The van der Waals surface area contributed by atoms with Gasteiger partial charge in [-0.25, -0.2) is 13.1 Å². The normalized spacial score (nSPS) is 18.2. The summed E-state index contributed by atoms with van der Waals surface area (Å²) in [6.45, 7) is 0.902. The summed E-state index contributed by atoms with van der Waals surface area (Å²) >= 11 is 3.12. The molecule has 1 heterocycles. The monoisotopic (exact) mass is 292 g/mol. The van der Waals surface area contributed by atoms with Crippen LogP contribution in [0, 0.1) is 0 Å². The zero-order valence-electron chi connectivity index (χ0n) is 9.60. The Balaban J connectivity index is 2.03. The Morgan fingerprint density at radius 3 is 2.76 bits per heavy atom. The van der Waals surface area contributed by atoms with Gasteiger partial charge in [-0.15, -0.1) is 11.3 Å². The molecule has 17 heavy (non-hydrogen) atoms. The number of hydrogen-bond acceptors (Lipinski definition) is 5. The number of thiophene rings is 1. The zero-order chi connectivity index (χ0) is 12.5. The third kappa shape index (κ3) is 3.03. The third-order valence-corrected chi connectivity index (χ3v) is 6.87. The summed E-state index contributed by atoms with van der Waals surface area (Å²) in [5.41, 5.74) is 5.47. The maximum absolute atomic E-state index is 12.0. The van der Waals surface area contributed by atoms with Crippen molar-refractivity contribution < 1.29 is 8.42 Å². The van der Waals surface area contributed by atoms with Gasteiger partial charge in [-0.2, -0.15) is 11.8 Å². The van der Waals surface area contributed by atoms with Gasteiger partial charge in [0.05, 0.1) is 4.90 Å². The molecule has 0 atom stereocenters. The highest BCUT2D eigenvalue weighted by Gasteiger charge is 2.42. The molecular weight excluding hydrogens is 276 g/mol. The molecule has 96 valence electrons. The van der Waals surface area contributed by atoms with E-state index in [1.165, 1.54) is 11.3 Å². The van der Waals surface area contributed by atoms with Crippen molar-refractivity contribution in [3.05, 3.63) is 16.3 Å². The second-order valence-electron chi connectivity index (χ2n) is 4.16. The van der Waals surface area contributed by atoms with E-state index < -0.39 is 10.0 Å². The van der Waals surface area contributed by atoms with E-state index >= 15 is 0 Å². The van der Waals surface area contributed by atoms with Gasteiger partial charge < -0.3 is 5.73 Å². The van der Waals surface area contributed by atoms with Crippen LogP contribution in [0.4, 0.5) is 0 Å². The van der Waals surface area contributed by atoms with Crippen molar-refractivity contribution in [2.75, 3.05) is 12.8 Å². The van der Waals surface area contributed by atoms with Crippen molar-refractivity contribution in [3.8, 4) is 0 Å². The highest BCUT2D eigenvalue weighted by molar-refractivity contribution is 8.00. The first kappa shape index (κ1) is 13.4. The van der Waals surface area contributed by atoms with Crippen molar-refractivity contribution in [1.82, 2.24) is 4.72 Å². The molecule has 1 saturated carbocycles. The molecular formula is C10H16N2O2S3. The van der Waals surface area contributed by atoms with Crippen LogP contribution in [0.25, 0.3) is 0 Å². The number of rotatable bonds is 6. The smallest absolute Gasteiger partial charge is 0.241 e. The van der Waals surface area contributed by atoms with Crippen LogP contribution in [-0.2, 0) is 16.6 Å². The van der Waals surface area contributed by atoms with Crippen LogP contribution < -0.4 is 10.5 Å². The van der Waals surface area contributed by atoms with Gasteiger partial charge in [-0.05, 0) is 25.2 Å². The van der Waals surface area contributed by atoms with Crippen molar-refractivity contribution in [3.63, 3.8) is 0 Å². The molecule has 2 rings (SSSR count). The Hall–Kier alpha value is -0.0800. The lowest BCUT2D eigenvalue weighted by Crippen LogP contribution is -2.31. The summed E-state index contributed by atoms with van der Waals surface area (Å²) in [5, 5.41) is 1.64. The SMILES string of the molecule is CSC1(CNS(=O)(=O)c2csc(CN)c2)CC1. The van der Waals surface area contributed by atoms with Gasteiger partial charge in [0.25, 0.3) is 0 Å². The molecule has 0 radical (unpaired) electrons. The molecule has 1 aliphatic carbocycles. The molecule has 1 aliphatic rings. The molecule has 1 aromatic heterocycles. The summed E-state index contributed by atoms with van der Waals surface area (Å²) in [7, 11) is -3.36. The van der Waals surface area contributed by atoms with Crippen molar-refractivity contribution in [1.29, 1.82) is 0 Å². The molecule has 3 N–H and O–H groups in total. The molecule has 0 aliphatic heterocycles. The van der Waals surface area contributed by atoms with E-state index in [1.807, 2.05) is 6.26 Å². The van der Waals surface area contributed by atoms with E-state index in [1.54, 1.807) is 23.2 Å². The van der Waals surface area contributed by atoms with Crippen molar-refractivity contribution in [2.24, 2.45) is 5.73 Å². The van der Waals surface area contributed by atoms with Gasteiger partial charge >= 0.3 is 0 Å². The van der Waals surface area contributed by atoms with Gasteiger partial charge in [-0.1, -0.05) is 0 Å². The molecule has 1 aromatic rings. The van der Waals surface area contributed by atoms with Gasteiger partial charge in [0.2, 0.25) is 10.0 Å². The topological polar surface area (TPSA) is 72.2 Å². The standard InChI is InChI=1S/C10H16N2O2S3/c1-15-10(2-3-10)7-12-17(13,14)9-4-8(5-11)16-6-9/h4,6,12H,2-3,5,7,11H2,1H3. The minimum Gasteiger partial charge on any atom is -0.326 e. The molecule has 0 spiro atoms. The van der Waals surface area contributed by atoms with E-state index in [0.717, 1.165) is 17.7 Å². The fourth-order valence-electron chi connectivity index (χ4n) is 1.51. The number of nitrogens with two attached hydrogens (primary N) is 1. The average Bonchev–Trinajstić information content (AvgIpc) is 2.94. The lowest BCUT2D eigenvalue weighted by molar-refractivity contribution is 0.580. The summed E-state index contributed by atoms with van der Waals surface area (Å²) in [6.07, 6.45) is 4.21. The zero-order valence-corrected chi connectivity index (χ0v) is 12.1. The molecule has 0 bridgehead atoms. The highest BCUT2D eigenvalue weighted by atomic mass is 32.2. The summed E-state index contributed by atoms with van der Waals surface area (Å²) in [5.74, 6) is 0. The fraction of sp³-hybridized carbons (Fsp3) is 0.600. The molecule has 0 saturated heterocycles. The van der Waals surface area contributed by atoms with Gasteiger partial charge in [0, 0.05) is 28.1 Å². The van der Waals surface area contributed by atoms with Crippen LogP contribution >= 0.6 is 23.1 Å². The number of thioether (sulfide) groups is 1. The van der Waals surface area contributed by atoms with Crippen LogP contribution in [0.5, 0.6) is 0 Å². The second kappa shape index (κ2) is 4.89. The first-order valence-corrected chi connectivity index (χ1v) is 8.92. The Morgan fingerprint density at radius 1 is 1.59 bits per heavy atom. The van der Waals surface area contributed by atoms with E-state index in [2.05, 4.69) is 4.72 Å².